The molecule has 3 saturated carbocycles. The number of aliphatic hydroxyl groups excluding tert-OH is 1. The Bertz CT molecular complexity index is 1300. The molecule has 5 rings (SSSR count). The molecule has 1 atom stereocenters. The zero-order chi connectivity index (χ0) is 28.4. The highest BCUT2D eigenvalue weighted by molar-refractivity contribution is 6.30. The van der Waals surface area contributed by atoms with Crippen LogP contribution in [0.15, 0.2) is 35.3 Å². The highest BCUT2D eigenvalue weighted by Gasteiger charge is 2.55. The van der Waals surface area contributed by atoms with Crippen molar-refractivity contribution in [2.45, 2.75) is 62.0 Å². The largest absolute Gasteiger partial charge is 0.484 e. The lowest BCUT2D eigenvalue weighted by atomic mass is 9.60. The molecular formula is C24H25ClF4N4O6. The van der Waals surface area contributed by atoms with Gasteiger partial charge in [-0.05, 0) is 44.2 Å². The van der Waals surface area contributed by atoms with Gasteiger partial charge in [-0.3, -0.25) is 14.4 Å². The van der Waals surface area contributed by atoms with E-state index in [2.05, 4.69) is 15.7 Å². The van der Waals surface area contributed by atoms with Crippen LogP contribution in [0.5, 0.6) is 11.5 Å². The number of alkyl halides is 3. The van der Waals surface area contributed by atoms with Crippen molar-refractivity contribution >= 4 is 23.4 Å². The lowest BCUT2D eigenvalue weighted by Gasteiger charge is -2.56. The number of fused-ring (bicyclic) bond motifs is 3. The van der Waals surface area contributed by atoms with E-state index in [4.69, 9.17) is 21.1 Å². The number of nitrogens with one attached hydrogen (secondary N) is 2. The molecule has 3 fully saturated rings. The molecule has 1 unspecified atom stereocenters. The molecule has 1 aromatic carbocycles. The van der Waals surface area contributed by atoms with Gasteiger partial charge in [-0.2, -0.15) is 18.3 Å². The van der Waals surface area contributed by atoms with Crippen LogP contribution in [0.25, 0.3) is 0 Å². The number of amides is 2. The fraction of sp³-hybridized carbons (Fsp3) is 0.500. The van der Waals surface area contributed by atoms with Crippen molar-refractivity contribution in [3.05, 3.63) is 51.7 Å². The van der Waals surface area contributed by atoms with Crippen molar-refractivity contribution in [2.75, 3.05) is 13.2 Å². The van der Waals surface area contributed by atoms with Gasteiger partial charge in [-0.15, -0.1) is 0 Å². The molecule has 0 spiro atoms. The predicted octanol–water partition coefficient (Wildman–Crippen LogP) is 2.10. The number of benzene rings is 1. The molecule has 2 aromatic rings. The van der Waals surface area contributed by atoms with Crippen LogP contribution in [-0.2, 0) is 16.1 Å². The van der Waals surface area contributed by atoms with Gasteiger partial charge in [0, 0.05) is 17.7 Å². The molecule has 0 saturated heterocycles. The van der Waals surface area contributed by atoms with E-state index in [1.807, 2.05) is 0 Å². The average molecular weight is 577 g/mol. The zero-order valence-electron chi connectivity index (χ0n) is 20.4. The van der Waals surface area contributed by atoms with E-state index in [9.17, 15) is 37.1 Å². The Balaban J connectivity index is 1.27. The number of hydrogen-bond acceptors (Lipinski definition) is 7. The second-order valence-electron chi connectivity index (χ2n) is 9.71. The first-order valence-corrected chi connectivity index (χ1v) is 12.3. The summed E-state index contributed by atoms with van der Waals surface area (Å²) in [5.41, 5.74) is -2.68. The van der Waals surface area contributed by atoms with E-state index in [0.717, 1.165) is 18.3 Å². The molecule has 0 aliphatic heterocycles. The molecule has 2 amide bonds. The van der Waals surface area contributed by atoms with Crippen LogP contribution in [0.2, 0.25) is 5.02 Å². The van der Waals surface area contributed by atoms with Gasteiger partial charge in [0.2, 0.25) is 0 Å². The van der Waals surface area contributed by atoms with Gasteiger partial charge in [-0.25, -0.2) is 9.07 Å². The number of rotatable bonds is 9. The average Bonchev–Trinajstić information content (AvgIpc) is 2.85. The fourth-order valence-corrected chi connectivity index (χ4v) is 5.07. The second-order valence-corrected chi connectivity index (χ2v) is 10.1. The van der Waals surface area contributed by atoms with Gasteiger partial charge in [0.1, 0.15) is 23.9 Å². The minimum absolute atomic E-state index is 0.0718. The number of carbonyl (C=O) groups excluding carboxylic acids is 2. The summed E-state index contributed by atoms with van der Waals surface area (Å²) in [6.07, 6.45) is -2.87. The van der Waals surface area contributed by atoms with Crippen LogP contribution in [-0.4, -0.2) is 63.3 Å². The molecule has 2 bridgehead atoms. The summed E-state index contributed by atoms with van der Waals surface area (Å²) in [5.74, 6) is -1.77. The van der Waals surface area contributed by atoms with Crippen LogP contribution in [0, 0.1) is 5.82 Å². The van der Waals surface area contributed by atoms with E-state index < -0.39 is 59.7 Å². The molecule has 3 N–H and O–H groups in total. The SMILES string of the molecule is O=C(COc1ccc(Cl)c(F)c1)NC12CCC(NC(=O)COc3cnn(CC(F)(F)F)c(=O)c3)(CC1)C(O)C2. The number of carbonyl (C=O) groups is 2. The minimum atomic E-state index is -4.62. The summed E-state index contributed by atoms with van der Waals surface area (Å²) >= 11 is 5.63. The molecule has 3 aliphatic rings. The molecule has 1 heterocycles. The maximum atomic E-state index is 13.6. The van der Waals surface area contributed by atoms with Crippen LogP contribution < -0.4 is 25.7 Å². The number of aliphatic hydroxyl groups is 1. The monoisotopic (exact) mass is 576 g/mol. The van der Waals surface area contributed by atoms with Crippen LogP contribution in [0.1, 0.15) is 32.1 Å². The van der Waals surface area contributed by atoms with E-state index in [0.29, 0.717) is 25.7 Å². The molecule has 0 radical (unpaired) electrons. The van der Waals surface area contributed by atoms with Crippen molar-refractivity contribution < 1.29 is 41.7 Å². The van der Waals surface area contributed by atoms with Crippen molar-refractivity contribution in [1.29, 1.82) is 0 Å². The molecule has 1 aromatic heterocycles. The zero-order valence-corrected chi connectivity index (χ0v) is 21.1. The molecular weight excluding hydrogens is 552 g/mol. The maximum absolute atomic E-state index is 13.6. The van der Waals surface area contributed by atoms with Crippen molar-refractivity contribution in [2.24, 2.45) is 0 Å². The first kappa shape index (κ1) is 28.6. The van der Waals surface area contributed by atoms with Crippen molar-refractivity contribution in [1.82, 2.24) is 20.4 Å². The molecule has 39 heavy (non-hydrogen) atoms. The Kier molecular flexibility index (Phi) is 8.07. The van der Waals surface area contributed by atoms with Gasteiger partial charge in [-0.1, -0.05) is 11.6 Å². The summed E-state index contributed by atoms with van der Waals surface area (Å²) < 4.78 is 61.7. The van der Waals surface area contributed by atoms with Crippen LogP contribution >= 0.6 is 11.6 Å². The Morgan fingerprint density at radius 2 is 1.72 bits per heavy atom. The molecule has 10 nitrogen and oxygen atoms in total. The first-order chi connectivity index (χ1) is 18.3. The van der Waals surface area contributed by atoms with Gasteiger partial charge in [0.05, 0.1) is 22.9 Å². The topological polar surface area (TPSA) is 132 Å². The number of nitrogens with zero attached hydrogens (tertiary/aromatic N) is 2. The van der Waals surface area contributed by atoms with E-state index >= 15 is 0 Å². The Morgan fingerprint density at radius 3 is 2.31 bits per heavy atom. The summed E-state index contributed by atoms with van der Waals surface area (Å²) in [6, 6.07) is 4.61. The van der Waals surface area contributed by atoms with Crippen molar-refractivity contribution in [3.8, 4) is 11.5 Å². The third-order valence-electron chi connectivity index (χ3n) is 6.92. The third-order valence-corrected chi connectivity index (χ3v) is 7.23. The second kappa shape index (κ2) is 11.0. The molecule has 212 valence electrons. The highest BCUT2D eigenvalue weighted by Crippen LogP contribution is 2.47. The highest BCUT2D eigenvalue weighted by atomic mass is 35.5. The normalized spacial score (nSPS) is 24.2. The molecule has 3 aliphatic carbocycles. The molecule has 15 heteroatoms. The van der Waals surface area contributed by atoms with Gasteiger partial charge in [0.25, 0.3) is 17.4 Å². The van der Waals surface area contributed by atoms with E-state index in [1.54, 1.807) is 0 Å². The van der Waals surface area contributed by atoms with Crippen LogP contribution in [0.3, 0.4) is 0 Å². The number of ether oxygens (including phenoxy) is 2. The fourth-order valence-electron chi connectivity index (χ4n) is 4.96. The third kappa shape index (κ3) is 6.98. The summed E-state index contributed by atoms with van der Waals surface area (Å²) in [6.45, 7) is -2.47. The van der Waals surface area contributed by atoms with Gasteiger partial charge < -0.3 is 25.2 Å². The maximum Gasteiger partial charge on any atom is 0.408 e. The van der Waals surface area contributed by atoms with Gasteiger partial charge in [0.15, 0.2) is 13.2 Å². The number of halogens is 5. The summed E-state index contributed by atoms with van der Waals surface area (Å²) in [4.78, 5) is 36.9. The lowest BCUT2D eigenvalue weighted by Crippen LogP contribution is -2.70. The number of hydrogen-bond donors (Lipinski definition) is 3. The summed E-state index contributed by atoms with van der Waals surface area (Å²) in [5, 5.41) is 19.8. The summed E-state index contributed by atoms with van der Waals surface area (Å²) in [7, 11) is 0. The predicted molar refractivity (Wildman–Crippen MR) is 128 cm³/mol. The van der Waals surface area contributed by atoms with E-state index in [-0.39, 0.29) is 34.2 Å². The Morgan fingerprint density at radius 1 is 1.08 bits per heavy atom. The first-order valence-electron chi connectivity index (χ1n) is 11.9. The Labute approximate surface area is 224 Å². The van der Waals surface area contributed by atoms with E-state index in [1.165, 1.54) is 12.1 Å². The Hall–Kier alpha value is -3.39. The number of aromatic nitrogens is 2. The van der Waals surface area contributed by atoms with Crippen molar-refractivity contribution in [3.63, 3.8) is 0 Å². The minimum Gasteiger partial charge on any atom is -0.484 e. The smallest absolute Gasteiger partial charge is 0.408 e. The lowest BCUT2D eigenvalue weighted by molar-refractivity contribution is -0.143. The van der Waals surface area contributed by atoms with Crippen LogP contribution in [0.4, 0.5) is 17.6 Å². The quantitative estimate of drug-likeness (QED) is 0.390. The standard InChI is InChI=1S/C24H25ClF4N4O6/c25-16-2-1-14(7-17(16)26)38-11-19(35)31-22-3-5-23(6-4-22,18(34)9-22)32-20(36)12-39-15-8-21(37)33(30-10-15)13-24(27,28)29/h1-2,7-8,10,18,34H,3-6,9,11-13H2,(H,31,35)(H,32,36). The van der Waals surface area contributed by atoms with Gasteiger partial charge >= 0.3 is 6.18 Å².